The van der Waals surface area contributed by atoms with Crippen molar-refractivity contribution in [2.45, 2.75) is 13.5 Å². The van der Waals surface area contributed by atoms with Crippen LogP contribution in [0.3, 0.4) is 0 Å². The number of rotatable bonds is 7. The minimum atomic E-state index is -0.352. The normalized spacial score (nSPS) is 15.2. The van der Waals surface area contributed by atoms with E-state index >= 15 is 0 Å². The van der Waals surface area contributed by atoms with E-state index in [9.17, 15) is 14.4 Å². The second kappa shape index (κ2) is 11.2. The first-order chi connectivity index (χ1) is 17.0. The van der Waals surface area contributed by atoms with Gasteiger partial charge in [0.1, 0.15) is 12.4 Å². The standard InChI is InChI=1S/C26H19BrFN3O3S/c1-2-33-22-12-16(11-21(27)24(22)34-15-18-6-4-3-5-17(18)14-29)13-23-25(32)31-26(35-23)30-20-9-7-19(28)8-10-20/h3-13H,2,15H2,1H3,(H,30,31,32)/b23-13-. The van der Waals surface area contributed by atoms with Gasteiger partial charge in [0, 0.05) is 5.56 Å². The Bertz CT molecular complexity index is 1370. The van der Waals surface area contributed by atoms with Gasteiger partial charge in [-0.05, 0) is 88.7 Å². The molecule has 4 rings (SSSR count). The topological polar surface area (TPSA) is 83.7 Å². The molecule has 3 aromatic carbocycles. The molecule has 1 amide bonds. The Balaban J connectivity index is 1.57. The molecule has 0 bridgehead atoms. The molecule has 1 saturated heterocycles. The molecule has 6 nitrogen and oxygen atoms in total. The molecule has 9 heteroatoms. The van der Waals surface area contributed by atoms with E-state index in [1.54, 1.807) is 24.3 Å². The minimum Gasteiger partial charge on any atom is -0.490 e. The molecular formula is C26H19BrFN3O3S. The maximum Gasteiger partial charge on any atom is 0.264 e. The summed E-state index contributed by atoms with van der Waals surface area (Å²) in [5, 5.41) is 12.4. The van der Waals surface area contributed by atoms with E-state index in [2.05, 4.69) is 32.3 Å². The number of carbonyl (C=O) groups is 1. The fourth-order valence-electron chi connectivity index (χ4n) is 3.24. The zero-order chi connectivity index (χ0) is 24.8. The van der Waals surface area contributed by atoms with Crippen molar-refractivity contribution < 1.29 is 18.7 Å². The number of hydrogen-bond donors (Lipinski definition) is 1. The molecule has 0 unspecified atom stereocenters. The minimum absolute atomic E-state index is 0.199. The number of carbonyl (C=O) groups excluding carboxylic acids is 1. The van der Waals surface area contributed by atoms with Crippen LogP contribution >= 0.6 is 27.7 Å². The smallest absolute Gasteiger partial charge is 0.264 e. The summed E-state index contributed by atoms with van der Waals surface area (Å²) in [5.74, 6) is 0.379. The van der Waals surface area contributed by atoms with E-state index in [0.717, 1.165) is 11.1 Å². The first kappa shape index (κ1) is 24.5. The monoisotopic (exact) mass is 551 g/mol. The van der Waals surface area contributed by atoms with Crippen LogP contribution in [0, 0.1) is 17.1 Å². The van der Waals surface area contributed by atoms with E-state index in [1.165, 1.54) is 36.0 Å². The summed E-state index contributed by atoms with van der Waals surface area (Å²) in [6.45, 7) is 2.48. The summed E-state index contributed by atoms with van der Waals surface area (Å²) < 4.78 is 25.6. The summed E-state index contributed by atoms with van der Waals surface area (Å²) >= 11 is 4.73. The van der Waals surface area contributed by atoms with Crippen LogP contribution in [0.15, 0.2) is 75.0 Å². The largest absolute Gasteiger partial charge is 0.490 e. The van der Waals surface area contributed by atoms with Crippen LogP contribution in [0.25, 0.3) is 6.08 Å². The zero-order valence-electron chi connectivity index (χ0n) is 18.5. The second-order valence-electron chi connectivity index (χ2n) is 7.28. The number of thioether (sulfide) groups is 1. The molecule has 1 heterocycles. The van der Waals surface area contributed by atoms with Crippen molar-refractivity contribution in [3.05, 3.63) is 92.5 Å². The fraction of sp³-hybridized carbons (Fsp3) is 0.115. The first-order valence-corrected chi connectivity index (χ1v) is 12.2. The van der Waals surface area contributed by atoms with E-state index in [-0.39, 0.29) is 18.3 Å². The van der Waals surface area contributed by atoms with Gasteiger partial charge in [-0.15, -0.1) is 0 Å². The second-order valence-corrected chi connectivity index (χ2v) is 9.16. The predicted octanol–water partition coefficient (Wildman–Crippen LogP) is 6.33. The maximum atomic E-state index is 13.1. The highest BCUT2D eigenvalue weighted by Gasteiger charge is 2.24. The summed E-state index contributed by atoms with van der Waals surface area (Å²) in [6.07, 6.45) is 1.73. The molecule has 3 aromatic rings. The van der Waals surface area contributed by atoms with Crippen molar-refractivity contribution in [1.82, 2.24) is 5.32 Å². The van der Waals surface area contributed by atoms with Crippen molar-refractivity contribution in [3.63, 3.8) is 0 Å². The number of nitrogens with one attached hydrogen (secondary N) is 1. The Morgan fingerprint density at radius 2 is 1.94 bits per heavy atom. The molecule has 0 atom stereocenters. The van der Waals surface area contributed by atoms with Gasteiger partial charge in [-0.3, -0.25) is 4.79 Å². The molecule has 0 radical (unpaired) electrons. The molecule has 0 saturated carbocycles. The Kier molecular flexibility index (Phi) is 7.85. The molecule has 176 valence electrons. The van der Waals surface area contributed by atoms with Crippen LogP contribution in [-0.4, -0.2) is 17.7 Å². The highest BCUT2D eigenvalue weighted by Crippen LogP contribution is 2.39. The Morgan fingerprint density at radius 3 is 2.69 bits per heavy atom. The average Bonchev–Trinajstić information content (AvgIpc) is 3.18. The highest BCUT2D eigenvalue weighted by molar-refractivity contribution is 9.10. The van der Waals surface area contributed by atoms with Gasteiger partial charge in [-0.25, -0.2) is 9.38 Å². The van der Waals surface area contributed by atoms with Crippen LogP contribution in [0.2, 0.25) is 0 Å². The van der Waals surface area contributed by atoms with Crippen LogP contribution in [0.4, 0.5) is 10.1 Å². The molecule has 1 aliphatic heterocycles. The van der Waals surface area contributed by atoms with Crippen LogP contribution in [0.5, 0.6) is 11.5 Å². The number of amides is 1. The third-order valence-electron chi connectivity index (χ3n) is 4.85. The molecule has 0 spiro atoms. The van der Waals surface area contributed by atoms with Gasteiger partial charge in [0.05, 0.1) is 33.3 Å². The van der Waals surface area contributed by atoms with Crippen molar-refractivity contribution in [3.8, 4) is 17.6 Å². The number of nitrogens with zero attached hydrogens (tertiary/aromatic N) is 2. The molecule has 1 N–H and O–H groups in total. The van der Waals surface area contributed by atoms with E-state index in [0.29, 0.717) is 43.9 Å². The van der Waals surface area contributed by atoms with E-state index in [1.807, 2.05) is 25.1 Å². The van der Waals surface area contributed by atoms with Crippen molar-refractivity contribution in [2.75, 3.05) is 6.61 Å². The SMILES string of the molecule is CCOc1cc(/C=C2\SC(=Nc3ccc(F)cc3)NC2=O)cc(Br)c1OCc1ccccc1C#N. The van der Waals surface area contributed by atoms with Crippen LogP contribution < -0.4 is 14.8 Å². The lowest BCUT2D eigenvalue weighted by atomic mass is 10.1. The number of hydrogen-bond acceptors (Lipinski definition) is 6. The third-order valence-corrected chi connectivity index (χ3v) is 6.35. The van der Waals surface area contributed by atoms with Gasteiger partial charge < -0.3 is 14.8 Å². The van der Waals surface area contributed by atoms with Gasteiger partial charge in [-0.1, -0.05) is 18.2 Å². The molecule has 1 aliphatic rings. The quantitative estimate of drug-likeness (QED) is 0.347. The van der Waals surface area contributed by atoms with Gasteiger partial charge in [0.15, 0.2) is 16.7 Å². The molecular weight excluding hydrogens is 533 g/mol. The summed E-state index contributed by atoms with van der Waals surface area (Å²) in [6, 6.07) is 18.7. The van der Waals surface area contributed by atoms with Crippen molar-refractivity contribution >= 4 is 50.5 Å². The Morgan fingerprint density at radius 1 is 1.17 bits per heavy atom. The lowest BCUT2D eigenvalue weighted by Gasteiger charge is -2.15. The van der Waals surface area contributed by atoms with E-state index < -0.39 is 0 Å². The maximum absolute atomic E-state index is 13.1. The summed E-state index contributed by atoms with van der Waals surface area (Å²) in [7, 11) is 0. The van der Waals surface area contributed by atoms with Crippen molar-refractivity contribution in [2.24, 2.45) is 4.99 Å². The van der Waals surface area contributed by atoms with Crippen molar-refractivity contribution in [1.29, 1.82) is 5.26 Å². The lowest BCUT2D eigenvalue weighted by molar-refractivity contribution is -0.115. The van der Waals surface area contributed by atoms with Gasteiger partial charge in [-0.2, -0.15) is 5.26 Å². The molecule has 0 aromatic heterocycles. The summed E-state index contributed by atoms with van der Waals surface area (Å²) in [4.78, 5) is 17.3. The number of aliphatic imine (C=N–C) groups is 1. The predicted molar refractivity (Wildman–Crippen MR) is 138 cm³/mol. The number of nitriles is 1. The highest BCUT2D eigenvalue weighted by atomic mass is 79.9. The third kappa shape index (κ3) is 6.10. The Hall–Kier alpha value is -3.61. The van der Waals surface area contributed by atoms with Gasteiger partial charge >= 0.3 is 0 Å². The Labute approximate surface area is 214 Å². The molecule has 1 fully saturated rings. The zero-order valence-corrected chi connectivity index (χ0v) is 21.0. The lowest BCUT2D eigenvalue weighted by Crippen LogP contribution is -2.19. The number of halogens is 2. The van der Waals surface area contributed by atoms with Gasteiger partial charge in [0.2, 0.25) is 0 Å². The number of amidine groups is 1. The fourth-order valence-corrected chi connectivity index (χ4v) is 4.66. The number of ether oxygens (including phenoxy) is 2. The van der Waals surface area contributed by atoms with Gasteiger partial charge in [0.25, 0.3) is 5.91 Å². The van der Waals surface area contributed by atoms with E-state index in [4.69, 9.17) is 9.47 Å². The number of benzene rings is 3. The average molecular weight is 552 g/mol. The molecule has 0 aliphatic carbocycles. The van der Waals surface area contributed by atoms with Crippen LogP contribution in [-0.2, 0) is 11.4 Å². The first-order valence-electron chi connectivity index (χ1n) is 10.6. The summed E-state index contributed by atoms with van der Waals surface area (Å²) in [5.41, 5.74) is 2.58. The van der Waals surface area contributed by atoms with Crippen LogP contribution in [0.1, 0.15) is 23.6 Å². The molecule has 35 heavy (non-hydrogen) atoms.